The van der Waals surface area contributed by atoms with Gasteiger partial charge in [-0.1, -0.05) is 6.07 Å². The van der Waals surface area contributed by atoms with Gasteiger partial charge in [0.05, 0.1) is 18.8 Å². The molecule has 0 spiro atoms. The molecule has 0 atom stereocenters. The molecular weight excluding hydrogens is 261 g/mol. The number of hydrogen-bond acceptors (Lipinski definition) is 3. The van der Waals surface area contributed by atoms with E-state index in [1.807, 2.05) is 5.32 Å². The number of benzene rings is 1. The van der Waals surface area contributed by atoms with Crippen molar-refractivity contribution < 1.29 is 23.1 Å². The first-order valence-corrected chi connectivity index (χ1v) is 5.56. The summed E-state index contributed by atoms with van der Waals surface area (Å²) in [5.74, 6) is -0.737. The normalized spacial score (nSPS) is 11.4. The summed E-state index contributed by atoms with van der Waals surface area (Å²) < 4.78 is 35.6. The third kappa shape index (κ3) is 5.17. The van der Waals surface area contributed by atoms with Crippen LogP contribution in [-0.2, 0) is 4.79 Å². The van der Waals surface area contributed by atoms with E-state index < -0.39 is 25.2 Å². The minimum absolute atomic E-state index is 0.0882. The molecule has 0 aliphatic heterocycles. The van der Waals surface area contributed by atoms with Gasteiger partial charge in [0.25, 0.3) is 0 Å². The SMILES string of the molecule is Cc1cc(C)c(O)c(NC(=O)CNCC(F)(F)F)c1. The van der Waals surface area contributed by atoms with E-state index in [0.717, 1.165) is 5.56 Å². The second kappa shape index (κ2) is 5.92. The zero-order valence-corrected chi connectivity index (χ0v) is 10.6. The second-order valence-corrected chi connectivity index (χ2v) is 4.24. The molecule has 0 saturated heterocycles. The molecular formula is C12H15F3N2O2. The van der Waals surface area contributed by atoms with Crippen LogP contribution in [0, 0.1) is 13.8 Å². The zero-order chi connectivity index (χ0) is 14.6. The molecule has 1 aromatic rings. The molecule has 0 bridgehead atoms. The van der Waals surface area contributed by atoms with E-state index in [1.54, 1.807) is 26.0 Å². The van der Waals surface area contributed by atoms with Crippen LogP contribution in [0.4, 0.5) is 18.9 Å². The molecule has 106 valence electrons. The number of carbonyl (C=O) groups is 1. The van der Waals surface area contributed by atoms with E-state index in [-0.39, 0.29) is 11.4 Å². The molecule has 0 aliphatic rings. The number of anilines is 1. The van der Waals surface area contributed by atoms with Gasteiger partial charge in [-0.2, -0.15) is 13.2 Å². The van der Waals surface area contributed by atoms with Crippen molar-refractivity contribution in [3.63, 3.8) is 0 Å². The Morgan fingerprint density at radius 3 is 2.53 bits per heavy atom. The van der Waals surface area contributed by atoms with Crippen LogP contribution in [0.1, 0.15) is 11.1 Å². The maximum absolute atomic E-state index is 11.9. The van der Waals surface area contributed by atoms with Crippen LogP contribution in [0.3, 0.4) is 0 Å². The third-order valence-corrected chi connectivity index (χ3v) is 2.33. The fourth-order valence-corrected chi connectivity index (χ4v) is 1.57. The predicted octanol–water partition coefficient (Wildman–Crippen LogP) is 2.10. The molecule has 1 amide bonds. The number of amides is 1. The lowest BCUT2D eigenvalue weighted by atomic mass is 10.1. The maximum atomic E-state index is 11.9. The van der Waals surface area contributed by atoms with E-state index >= 15 is 0 Å². The van der Waals surface area contributed by atoms with Gasteiger partial charge in [-0.3, -0.25) is 4.79 Å². The van der Waals surface area contributed by atoms with Crippen LogP contribution in [0.15, 0.2) is 12.1 Å². The summed E-state index contributed by atoms with van der Waals surface area (Å²) in [4.78, 5) is 11.4. The van der Waals surface area contributed by atoms with Crippen LogP contribution >= 0.6 is 0 Å². The molecule has 1 rings (SSSR count). The van der Waals surface area contributed by atoms with Crippen molar-refractivity contribution >= 4 is 11.6 Å². The predicted molar refractivity (Wildman–Crippen MR) is 65.1 cm³/mol. The highest BCUT2D eigenvalue weighted by atomic mass is 19.4. The fourth-order valence-electron chi connectivity index (χ4n) is 1.57. The molecule has 0 radical (unpaired) electrons. The van der Waals surface area contributed by atoms with Crippen LogP contribution in [-0.4, -0.2) is 30.3 Å². The minimum atomic E-state index is -4.36. The van der Waals surface area contributed by atoms with E-state index in [1.165, 1.54) is 0 Å². The van der Waals surface area contributed by atoms with Crippen molar-refractivity contribution in [1.29, 1.82) is 0 Å². The van der Waals surface area contributed by atoms with Gasteiger partial charge in [-0.15, -0.1) is 0 Å². The Kier molecular flexibility index (Phi) is 4.77. The second-order valence-electron chi connectivity index (χ2n) is 4.24. The van der Waals surface area contributed by atoms with Crippen LogP contribution in [0.5, 0.6) is 5.75 Å². The topological polar surface area (TPSA) is 61.4 Å². The summed E-state index contributed by atoms with van der Waals surface area (Å²) in [6.45, 7) is 1.73. The Morgan fingerprint density at radius 2 is 1.95 bits per heavy atom. The van der Waals surface area contributed by atoms with Gasteiger partial charge in [0.15, 0.2) is 0 Å². The monoisotopic (exact) mass is 276 g/mol. The molecule has 0 aromatic heterocycles. The van der Waals surface area contributed by atoms with E-state index in [2.05, 4.69) is 5.32 Å². The fraction of sp³-hybridized carbons (Fsp3) is 0.417. The molecule has 1 aromatic carbocycles. The number of halogens is 3. The first-order chi connectivity index (χ1) is 8.69. The maximum Gasteiger partial charge on any atom is 0.401 e. The van der Waals surface area contributed by atoms with Crippen molar-refractivity contribution in [1.82, 2.24) is 5.32 Å². The van der Waals surface area contributed by atoms with Crippen LogP contribution in [0.25, 0.3) is 0 Å². The first kappa shape index (κ1) is 15.3. The average molecular weight is 276 g/mol. The Bertz CT molecular complexity index is 473. The van der Waals surface area contributed by atoms with Crippen molar-refractivity contribution in [2.75, 3.05) is 18.4 Å². The van der Waals surface area contributed by atoms with E-state index in [4.69, 9.17) is 0 Å². The lowest BCUT2D eigenvalue weighted by Gasteiger charge is -2.11. The molecule has 3 N–H and O–H groups in total. The highest BCUT2D eigenvalue weighted by Gasteiger charge is 2.26. The van der Waals surface area contributed by atoms with Crippen molar-refractivity contribution in [2.45, 2.75) is 20.0 Å². The Morgan fingerprint density at radius 1 is 1.32 bits per heavy atom. The first-order valence-electron chi connectivity index (χ1n) is 5.56. The van der Waals surface area contributed by atoms with E-state index in [9.17, 15) is 23.1 Å². The van der Waals surface area contributed by atoms with Gasteiger partial charge in [-0.05, 0) is 31.0 Å². The van der Waals surface area contributed by atoms with Gasteiger partial charge < -0.3 is 15.7 Å². The van der Waals surface area contributed by atoms with Crippen LogP contribution < -0.4 is 10.6 Å². The number of rotatable bonds is 4. The lowest BCUT2D eigenvalue weighted by molar-refractivity contribution is -0.126. The van der Waals surface area contributed by atoms with Gasteiger partial charge in [0.2, 0.25) is 5.91 Å². The van der Waals surface area contributed by atoms with Crippen molar-refractivity contribution in [3.8, 4) is 5.75 Å². The summed E-state index contributed by atoms with van der Waals surface area (Å²) in [6.07, 6.45) is -4.36. The number of aryl methyl sites for hydroxylation is 2. The molecule has 0 saturated carbocycles. The number of phenols is 1. The van der Waals surface area contributed by atoms with Crippen molar-refractivity contribution in [2.24, 2.45) is 0 Å². The summed E-state index contributed by atoms with van der Waals surface area (Å²) >= 11 is 0. The number of phenolic OH excluding ortho intramolecular Hbond substituents is 1. The zero-order valence-electron chi connectivity index (χ0n) is 10.6. The lowest BCUT2D eigenvalue weighted by Crippen LogP contribution is -2.35. The summed E-state index contributed by atoms with van der Waals surface area (Å²) in [5.41, 5.74) is 1.60. The smallest absolute Gasteiger partial charge is 0.401 e. The molecule has 4 nitrogen and oxygen atoms in total. The molecule has 0 heterocycles. The Labute approximate surface area is 108 Å². The molecule has 0 unspecified atom stereocenters. The van der Waals surface area contributed by atoms with Gasteiger partial charge in [0, 0.05) is 0 Å². The minimum Gasteiger partial charge on any atom is -0.505 e. The number of alkyl halides is 3. The summed E-state index contributed by atoms with van der Waals surface area (Å²) in [5, 5.41) is 14.0. The average Bonchev–Trinajstić information content (AvgIpc) is 2.23. The summed E-state index contributed by atoms with van der Waals surface area (Å²) in [7, 11) is 0. The molecule has 7 heteroatoms. The number of hydrogen-bond donors (Lipinski definition) is 3. The number of carbonyl (C=O) groups excluding carboxylic acids is 1. The molecule has 19 heavy (non-hydrogen) atoms. The Balaban J connectivity index is 2.58. The highest BCUT2D eigenvalue weighted by Crippen LogP contribution is 2.28. The van der Waals surface area contributed by atoms with Gasteiger partial charge in [-0.25, -0.2) is 0 Å². The molecule has 0 aliphatic carbocycles. The highest BCUT2D eigenvalue weighted by molar-refractivity contribution is 5.94. The van der Waals surface area contributed by atoms with Gasteiger partial charge in [0.1, 0.15) is 5.75 Å². The van der Waals surface area contributed by atoms with Gasteiger partial charge >= 0.3 is 6.18 Å². The third-order valence-electron chi connectivity index (χ3n) is 2.33. The standard InChI is InChI=1S/C12H15F3N2O2/c1-7-3-8(2)11(19)9(4-7)17-10(18)5-16-6-12(13,14)15/h3-4,16,19H,5-6H2,1-2H3,(H,17,18). The Hall–Kier alpha value is -1.76. The molecule has 0 fully saturated rings. The van der Waals surface area contributed by atoms with Crippen LogP contribution in [0.2, 0.25) is 0 Å². The summed E-state index contributed by atoms with van der Waals surface area (Å²) in [6, 6.07) is 3.27. The largest absolute Gasteiger partial charge is 0.505 e. The van der Waals surface area contributed by atoms with Crippen molar-refractivity contribution in [3.05, 3.63) is 23.3 Å². The number of nitrogens with one attached hydrogen (secondary N) is 2. The quantitative estimate of drug-likeness (QED) is 0.738. The number of aromatic hydroxyl groups is 1. The van der Waals surface area contributed by atoms with E-state index in [0.29, 0.717) is 5.56 Å².